The van der Waals surface area contributed by atoms with Gasteiger partial charge in [-0.3, -0.25) is 0 Å². The van der Waals surface area contributed by atoms with E-state index in [1.807, 2.05) is 36.4 Å². The Morgan fingerprint density at radius 2 is 0.806 bits per heavy atom. The van der Waals surface area contributed by atoms with Gasteiger partial charge in [0.05, 0.1) is 22.8 Å². The second-order valence-electron chi connectivity index (χ2n) is 8.98. The fourth-order valence-corrected chi connectivity index (χ4v) is 4.68. The quantitative estimate of drug-likeness (QED) is 0.270. The van der Waals surface area contributed by atoms with E-state index in [9.17, 15) is 0 Å². The molecule has 2 aromatic heterocycles. The SMILES string of the molecule is Cc1ccccc1-c1[nH]c(-c2nc(-c3ccccc3)c(-c3ccccc3C)[nH]2)nc1-c1ccccc1. The number of imidazole rings is 2. The van der Waals surface area contributed by atoms with Crippen LogP contribution in [-0.4, -0.2) is 19.9 Å². The molecule has 0 saturated carbocycles. The lowest BCUT2D eigenvalue weighted by molar-refractivity contribution is 1.20. The van der Waals surface area contributed by atoms with Crippen molar-refractivity contribution in [2.75, 3.05) is 0 Å². The van der Waals surface area contributed by atoms with Crippen LogP contribution in [0.3, 0.4) is 0 Å². The van der Waals surface area contributed by atoms with E-state index in [1.54, 1.807) is 0 Å². The number of benzene rings is 4. The average molecular weight is 467 g/mol. The average Bonchev–Trinajstić information content (AvgIpc) is 3.56. The molecule has 4 heteroatoms. The van der Waals surface area contributed by atoms with Gasteiger partial charge in [0, 0.05) is 22.3 Å². The van der Waals surface area contributed by atoms with Crippen molar-refractivity contribution in [1.29, 1.82) is 0 Å². The van der Waals surface area contributed by atoms with Crippen molar-refractivity contribution < 1.29 is 0 Å². The Kier molecular flexibility index (Phi) is 5.55. The summed E-state index contributed by atoms with van der Waals surface area (Å²) in [5, 5.41) is 0. The molecule has 2 heterocycles. The van der Waals surface area contributed by atoms with E-state index in [0.29, 0.717) is 11.6 Å². The molecule has 0 bridgehead atoms. The van der Waals surface area contributed by atoms with Crippen LogP contribution in [0.4, 0.5) is 0 Å². The zero-order valence-corrected chi connectivity index (χ0v) is 20.3. The number of hydrogen-bond acceptors (Lipinski definition) is 2. The second-order valence-corrected chi connectivity index (χ2v) is 8.98. The smallest absolute Gasteiger partial charge is 0.174 e. The van der Waals surface area contributed by atoms with E-state index in [1.165, 1.54) is 11.1 Å². The summed E-state index contributed by atoms with van der Waals surface area (Å²) in [5.41, 5.74) is 10.6. The van der Waals surface area contributed by atoms with E-state index in [-0.39, 0.29) is 0 Å². The summed E-state index contributed by atoms with van der Waals surface area (Å²) in [6.07, 6.45) is 0. The largest absolute Gasteiger partial charge is 0.335 e. The molecular formula is C32H26N4. The highest BCUT2D eigenvalue weighted by Crippen LogP contribution is 2.37. The van der Waals surface area contributed by atoms with Crippen LogP contribution < -0.4 is 0 Å². The first-order valence-electron chi connectivity index (χ1n) is 12.1. The fourth-order valence-electron chi connectivity index (χ4n) is 4.68. The highest BCUT2D eigenvalue weighted by atomic mass is 15.0. The Bertz CT molecular complexity index is 1520. The molecule has 0 fully saturated rings. The molecule has 174 valence electrons. The monoisotopic (exact) mass is 466 g/mol. The minimum Gasteiger partial charge on any atom is -0.335 e. The molecule has 4 nitrogen and oxygen atoms in total. The molecule has 36 heavy (non-hydrogen) atoms. The molecule has 2 N–H and O–H groups in total. The standard InChI is InChI=1S/C32H26N4/c1-21-13-9-11-19-25(21)29-27(23-15-5-3-6-16-23)33-31(35-29)32-34-28(24-17-7-4-8-18-24)30(36-32)26-20-12-10-14-22(26)2/h3-20H,1-2H3,(H,33,35)(H,34,36). The molecule has 0 aliphatic heterocycles. The second kappa shape index (κ2) is 9.16. The van der Waals surface area contributed by atoms with Gasteiger partial charge in [0.2, 0.25) is 0 Å². The van der Waals surface area contributed by atoms with Crippen LogP contribution in [-0.2, 0) is 0 Å². The molecule has 0 amide bonds. The van der Waals surface area contributed by atoms with Crippen LogP contribution in [0.5, 0.6) is 0 Å². The van der Waals surface area contributed by atoms with Gasteiger partial charge >= 0.3 is 0 Å². The summed E-state index contributed by atoms with van der Waals surface area (Å²) < 4.78 is 0. The first-order valence-corrected chi connectivity index (χ1v) is 12.1. The highest BCUT2D eigenvalue weighted by Gasteiger charge is 2.21. The van der Waals surface area contributed by atoms with Gasteiger partial charge in [-0.1, -0.05) is 109 Å². The number of hydrogen-bond donors (Lipinski definition) is 2. The third-order valence-electron chi connectivity index (χ3n) is 6.56. The van der Waals surface area contributed by atoms with Gasteiger partial charge in [-0.25, -0.2) is 9.97 Å². The Labute approximate surface area is 210 Å². The van der Waals surface area contributed by atoms with Gasteiger partial charge in [-0.2, -0.15) is 0 Å². The molecule has 6 rings (SSSR count). The number of H-pyrrole nitrogens is 2. The summed E-state index contributed by atoms with van der Waals surface area (Å²) in [6.45, 7) is 4.25. The number of rotatable bonds is 5. The Hall–Kier alpha value is -4.70. The zero-order valence-electron chi connectivity index (χ0n) is 20.3. The van der Waals surface area contributed by atoms with Crippen LogP contribution in [0, 0.1) is 13.8 Å². The molecular weight excluding hydrogens is 440 g/mol. The van der Waals surface area contributed by atoms with Gasteiger partial charge in [0.25, 0.3) is 0 Å². The number of aromatic amines is 2. The van der Waals surface area contributed by atoms with E-state index >= 15 is 0 Å². The molecule has 0 unspecified atom stereocenters. The van der Waals surface area contributed by atoms with Crippen LogP contribution in [0.15, 0.2) is 109 Å². The molecule has 4 aromatic carbocycles. The van der Waals surface area contributed by atoms with Gasteiger partial charge in [-0.15, -0.1) is 0 Å². The molecule has 6 aromatic rings. The lowest BCUT2D eigenvalue weighted by atomic mass is 10.0. The van der Waals surface area contributed by atoms with Crippen molar-refractivity contribution in [1.82, 2.24) is 19.9 Å². The van der Waals surface area contributed by atoms with Crippen molar-refractivity contribution >= 4 is 0 Å². The number of aromatic nitrogens is 4. The van der Waals surface area contributed by atoms with Crippen molar-refractivity contribution in [3.63, 3.8) is 0 Å². The Morgan fingerprint density at radius 3 is 1.19 bits per heavy atom. The topological polar surface area (TPSA) is 57.4 Å². The summed E-state index contributed by atoms with van der Waals surface area (Å²) >= 11 is 0. The van der Waals surface area contributed by atoms with Crippen LogP contribution in [0.25, 0.3) is 56.7 Å². The summed E-state index contributed by atoms with van der Waals surface area (Å²) in [5.74, 6) is 1.42. The molecule has 0 radical (unpaired) electrons. The third kappa shape index (κ3) is 3.93. The predicted octanol–water partition coefficient (Wildman–Crippen LogP) is 8.08. The molecule has 0 saturated heterocycles. The maximum Gasteiger partial charge on any atom is 0.174 e. The lowest BCUT2D eigenvalue weighted by Gasteiger charge is -2.06. The first-order chi connectivity index (χ1) is 17.7. The minimum atomic E-state index is 0.712. The van der Waals surface area contributed by atoms with Gasteiger partial charge < -0.3 is 9.97 Å². The third-order valence-corrected chi connectivity index (χ3v) is 6.56. The lowest BCUT2D eigenvalue weighted by Crippen LogP contribution is -1.87. The van der Waals surface area contributed by atoms with E-state index in [4.69, 9.17) is 9.97 Å². The Morgan fingerprint density at radius 1 is 0.444 bits per heavy atom. The van der Waals surface area contributed by atoms with Crippen molar-refractivity contribution in [3.8, 4) is 56.7 Å². The Balaban J connectivity index is 1.57. The van der Waals surface area contributed by atoms with Crippen molar-refractivity contribution in [2.24, 2.45) is 0 Å². The maximum absolute atomic E-state index is 5.08. The van der Waals surface area contributed by atoms with E-state index in [0.717, 1.165) is 45.0 Å². The molecule has 0 atom stereocenters. The fraction of sp³-hybridized carbons (Fsp3) is 0.0625. The van der Waals surface area contributed by atoms with Crippen LogP contribution in [0.2, 0.25) is 0 Å². The number of nitrogens with zero attached hydrogens (tertiary/aromatic N) is 2. The van der Waals surface area contributed by atoms with E-state index < -0.39 is 0 Å². The zero-order chi connectivity index (χ0) is 24.5. The molecule has 0 spiro atoms. The highest BCUT2D eigenvalue weighted by molar-refractivity contribution is 5.85. The van der Waals surface area contributed by atoms with Crippen LogP contribution >= 0.6 is 0 Å². The number of aryl methyl sites for hydroxylation is 2. The predicted molar refractivity (Wildman–Crippen MR) is 147 cm³/mol. The van der Waals surface area contributed by atoms with Gasteiger partial charge in [0.15, 0.2) is 11.6 Å². The van der Waals surface area contributed by atoms with Crippen LogP contribution in [0.1, 0.15) is 11.1 Å². The van der Waals surface area contributed by atoms with Gasteiger partial charge in [-0.05, 0) is 25.0 Å². The van der Waals surface area contributed by atoms with E-state index in [2.05, 4.69) is 96.6 Å². The summed E-state index contributed by atoms with van der Waals surface area (Å²) in [6, 6.07) is 37.4. The molecule has 0 aliphatic rings. The van der Waals surface area contributed by atoms with Crippen molar-refractivity contribution in [2.45, 2.75) is 13.8 Å². The maximum atomic E-state index is 5.08. The first kappa shape index (κ1) is 21.8. The van der Waals surface area contributed by atoms with Crippen molar-refractivity contribution in [3.05, 3.63) is 120 Å². The molecule has 0 aliphatic carbocycles. The normalized spacial score (nSPS) is 11.1. The van der Waals surface area contributed by atoms with Gasteiger partial charge in [0.1, 0.15) is 0 Å². The minimum absolute atomic E-state index is 0.712. The summed E-state index contributed by atoms with van der Waals surface area (Å²) in [7, 11) is 0. The number of nitrogens with one attached hydrogen (secondary N) is 2. The summed E-state index contributed by atoms with van der Waals surface area (Å²) in [4.78, 5) is 17.4.